The highest BCUT2D eigenvalue weighted by molar-refractivity contribution is 5.94. The van der Waals surface area contributed by atoms with Gasteiger partial charge in [-0.05, 0) is 32.2 Å². The summed E-state index contributed by atoms with van der Waals surface area (Å²) in [6.07, 6.45) is 5.36. The quantitative estimate of drug-likeness (QED) is 0.731. The Morgan fingerprint density at radius 1 is 1.41 bits per heavy atom. The number of rotatable bonds is 2. The normalized spacial score (nSPS) is 26.5. The van der Waals surface area contributed by atoms with Crippen LogP contribution in [-0.4, -0.2) is 48.4 Å². The Hall–Kier alpha value is -0.830. The minimum absolute atomic E-state index is 0.300. The van der Waals surface area contributed by atoms with Crippen molar-refractivity contribution in [1.82, 2.24) is 9.80 Å². The molecule has 2 aliphatic rings. The smallest absolute Gasteiger partial charge is 0.249 e. The Kier molecular flexibility index (Phi) is 3.87. The van der Waals surface area contributed by atoms with Gasteiger partial charge in [0.25, 0.3) is 0 Å². The molecule has 0 spiro atoms. The van der Waals surface area contributed by atoms with Crippen molar-refractivity contribution in [1.29, 1.82) is 0 Å². The van der Waals surface area contributed by atoms with Gasteiger partial charge in [-0.3, -0.25) is 4.79 Å². The molecule has 1 heterocycles. The molecule has 0 saturated carbocycles. The topological polar surface area (TPSA) is 23.6 Å². The van der Waals surface area contributed by atoms with E-state index in [1.807, 2.05) is 0 Å². The molecule has 3 nitrogen and oxygen atoms in total. The van der Waals surface area contributed by atoms with E-state index in [0.29, 0.717) is 17.9 Å². The summed E-state index contributed by atoms with van der Waals surface area (Å²) < 4.78 is 0. The van der Waals surface area contributed by atoms with Gasteiger partial charge in [0.15, 0.2) is 0 Å². The van der Waals surface area contributed by atoms with Crippen molar-refractivity contribution in [3.63, 3.8) is 0 Å². The maximum Gasteiger partial charge on any atom is 0.249 e. The second kappa shape index (κ2) is 5.21. The molecule has 1 amide bonds. The fraction of sp³-hybridized carbons (Fsp3) is 0.786. The number of hydrogen-bond acceptors (Lipinski definition) is 2. The van der Waals surface area contributed by atoms with Crippen molar-refractivity contribution >= 4 is 5.91 Å². The third-order valence-corrected chi connectivity index (χ3v) is 3.97. The highest BCUT2D eigenvalue weighted by atomic mass is 16.2. The Bertz CT molecular complexity index is 322. The highest BCUT2D eigenvalue weighted by Gasteiger charge is 2.32. The predicted molar refractivity (Wildman–Crippen MR) is 69.8 cm³/mol. The van der Waals surface area contributed by atoms with Gasteiger partial charge in [-0.2, -0.15) is 0 Å². The van der Waals surface area contributed by atoms with Crippen LogP contribution in [0.4, 0.5) is 0 Å². The van der Waals surface area contributed by atoms with E-state index in [0.717, 1.165) is 44.5 Å². The van der Waals surface area contributed by atoms with Crippen LogP contribution in [0, 0.1) is 5.92 Å². The first kappa shape index (κ1) is 12.6. The van der Waals surface area contributed by atoms with Gasteiger partial charge in [0.05, 0.1) is 0 Å². The molecule has 1 atom stereocenters. The van der Waals surface area contributed by atoms with E-state index in [4.69, 9.17) is 0 Å². The number of nitrogens with zero attached hydrogens (tertiary/aromatic N) is 2. The zero-order valence-electron chi connectivity index (χ0n) is 11.3. The zero-order chi connectivity index (χ0) is 12.4. The summed E-state index contributed by atoms with van der Waals surface area (Å²) in [5.41, 5.74) is 1.06. The first-order chi connectivity index (χ1) is 8.09. The summed E-state index contributed by atoms with van der Waals surface area (Å²) in [5, 5.41) is 0. The van der Waals surface area contributed by atoms with E-state index >= 15 is 0 Å². The summed E-state index contributed by atoms with van der Waals surface area (Å²) in [7, 11) is 2.14. The van der Waals surface area contributed by atoms with Crippen LogP contribution in [0.25, 0.3) is 0 Å². The second-order valence-electron chi connectivity index (χ2n) is 5.69. The van der Waals surface area contributed by atoms with E-state index in [1.54, 1.807) is 0 Å². The first-order valence-corrected chi connectivity index (χ1v) is 6.78. The summed E-state index contributed by atoms with van der Waals surface area (Å²) in [5.74, 6) is 0.831. The molecule has 1 saturated heterocycles. The molecule has 0 aromatic rings. The van der Waals surface area contributed by atoms with Crippen LogP contribution >= 0.6 is 0 Å². The van der Waals surface area contributed by atoms with E-state index in [-0.39, 0.29) is 0 Å². The number of likely N-dealkylation sites (N-methyl/N-ethyl adjacent to an activating group) is 1. The minimum atomic E-state index is 0.300. The predicted octanol–water partition coefficient (Wildman–Crippen LogP) is 1.90. The van der Waals surface area contributed by atoms with Gasteiger partial charge in [0.1, 0.15) is 0 Å². The van der Waals surface area contributed by atoms with Gasteiger partial charge in [-0.15, -0.1) is 0 Å². The molecule has 0 bridgehead atoms. The average Bonchev–Trinajstić information content (AvgIpc) is 2.81. The Labute approximate surface area is 104 Å². The number of carbonyl (C=O) groups is 1. The van der Waals surface area contributed by atoms with Crippen molar-refractivity contribution < 1.29 is 4.79 Å². The van der Waals surface area contributed by atoms with Crippen molar-refractivity contribution in [3.05, 3.63) is 11.6 Å². The monoisotopic (exact) mass is 236 g/mol. The minimum Gasteiger partial charge on any atom is -0.333 e. The molecule has 96 valence electrons. The summed E-state index contributed by atoms with van der Waals surface area (Å²) >= 11 is 0. The zero-order valence-corrected chi connectivity index (χ0v) is 11.3. The molecule has 1 aliphatic heterocycles. The fourth-order valence-corrected chi connectivity index (χ4v) is 2.83. The lowest BCUT2D eigenvalue weighted by Gasteiger charge is -2.42. The van der Waals surface area contributed by atoms with Gasteiger partial charge in [-0.1, -0.05) is 19.9 Å². The fourth-order valence-electron chi connectivity index (χ4n) is 2.83. The lowest BCUT2D eigenvalue weighted by molar-refractivity contribution is -0.133. The van der Waals surface area contributed by atoms with Crippen molar-refractivity contribution in [2.24, 2.45) is 5.92 Å². The van der Waals surface area contributed by atoms with Crippen LogP contribution < -0.4 is 0 Å². The van der Waals surface area contributed by atoms with E-state index in [1.165, 1.54) is 0 Å². The highest BCUT2D eigenvalue weighted by Crippen LogP contribution is 2.24. The first-order valence-electron chi connectivity index (χ1n) is 6.78. The lowest BCUT2D eigenvalue weighted by atomic mass is 9.98. The molecule has 1 fully saturated rings. The standard InChI is InChI=1S/C14H24N2O/c1-11(2)13-10-15(3)8-9-16(13)14(17)12-6-4-5-7-12/h6,11,13H,4-5,7-10H2,1-3H3/t13-/m0/s1. The largest absolute Gasteiger partial charge is 0.333 e. The summed E-state index contributed by atoms with van der Waals surface area (Å²) in [6, 6.07) is 0.378. The third kappa shape index (κ3) is 2.71. The SMILES string of the molecule is CC(C)[C@@H]1CN(C)CCN1C(=O)C1=CCCC1. The van der Waals surface area contributed by atoms with E-state index in [2.05, 4.69) is 36.8 Å². The van der Waals surface area contributed by atoms with Gasteiger partial charge in [0, 0.05) is 31.2 Å². The van der Waals surface area contributed by atoms with Crippen LogP contribution in [0.2, 0.25) is 0 Å². The molecule has 1 aliphatic carbocycles. The molecule has 2 rings (SSSR count). The molecule has 3 heteroatoms. The molecule has 0 unspecified atom stereocenters. The van der Waals surface area contributed by atoms with Gasteiger partial charge >= 0.3 is 0 Å². The number of amides is 1. The molecule has 0 aromatic carbocycles. The van der Waals surface area contributed by atoms with Crippen molar-refractivity contribution in [2.45, 2.75) is 39.2 Å². The van der Waals surface area contributed by atoms with Crippen LogP contribution in [-0.2, 0) is 4.79 Å². The Morgan fingerprint density at radius 2 is 2.18 bits per heavy atom. The summed E-state index contributed by atoms with van der Waals surface area (Å²) in [4.78, 5) is 16.9. The van der Waals surface area contributed by atoms with E-state index < -0.39 is 0 Å². The number of hydrogen-bond donors (Lipinski definition) is 0. The van der Waals surface area contributed by atoms with Crippen LogP contribution in [0.15, 0.2) is 11.6 Å². The van der Waals surface area contributed by atoms with Crippen molar-refractivity contribution in [2.75, 3.05) is 26.7 Å². The molecule has 17 heavy (non-hydrogen) atoms. The van der Waals surface area contributed by atoms with Crippen LogP contribution in [0.3, 0.4) is 0 Å². The molecule has 0 N–H and O–H groups in total. The molecular weight excluding hydrogens is 212 g/mol. The van der Waals surface area contributed by atoms with Crippen molar-refractivity contribution in [3.8, 4) is 0 Å². The lowest BCUT2D eigenvalue weighted by Crippen LogP contribution is -2.56. The molecular formula is C14H24N2O. The molecule has 0 radical (unpaired) electrons. The second-order valence-corrected chi connectivity index (χ2v) is 5.69. The molecule has 0 aromatic heterocycles. The number of allylic oxidation sites excluding steroid dienone is 1. The Morgan fingerprint density at radius 3 is 2.76 bits per heavy atom. The van der Waals surface area contributed by atoms with Crippen LogP contribution in [0.5, 0.6) is 0 Å². The average molecular weight is 236 g/mol. The number of piperazine rings is 1. The van der Waals surface area contributed by atoms with E-state index in [9.17, 15) is 4.79 Å². The van der Waals surface area contributed by atoms with Gasteiger partial charge < -0.3 is 9.80 Å². The number of carbonyl (C=O) groups excluding carboxylic acids is 1. The third-order valence-electron chi connectivity index (χ3n) is 3.97. The van der Waals surface area contributed by atoms with Gasteiger partial charge in [-0.25, -0.2) is 0 Å². The Balaban J connectivity index is 2.09. The maximum atomic E-state index is 12.5. The maximum absolute atomic E-state index is 12.5. The van der Waals surface area contributed by atoms with Gasteiger partial charge in [0.2, 0.25) is 5.91 Å². The van der Waals surface area contributed by atoms with Crippen LogP contribution in [0.1, 0.15) is 33.1 Å². The summed E-state index contributed by atoms with van der Waals surface area (Å²) in [6.45, 7) is 7.33.